The smallest absolute Gasteiger partial charge is 0.243 e. The van der Waals surface area contributed by atoms with Gasteiger partial charge in [-0.25, -0.2) is 12.8 Å². The Morgan fingerprint density at radius 1 is 1.06 bits per heavy atom. The maximum atomic E-state index is 13.3. The Morgan fingerprint density at radius 2 is 1.72 bits per heavy atom. The summed E-state index contributed by atoms with van der Waals surface area (Å²) >= 11 is 3.46. The number of nitrogens with zero attached hydrogens (tertiary/aromatic N) is 1. The molecular formula is C24H24BrFN2O3S. The van der Waals surface area contributed by atoms with Crippen LogP contribution in [-0.4, -0.2) is 25.2 Å². The standard InChI is InChI=1S/C24H24BrFN2O3S/c1-3-19-14-20(25)13-17(2)24(19)27-23(29)16-28(15-18-7-5-4-6-8-18)32(30,31)22-11-9-21(26)10-12-22/h4-14H,3,15-16H2,1-2H3,(H,27,29). The molecule has 32 heavy (non-hydrogen) atoms. The van der Waals surface area contributed by atoms with Crippen molar-refractivity contribution in [2.45, 2.75) is 31.7 Å². The number of aryl methyl sites for hydroxylation is 2. The van der Waals surface area contributed by atoms with Crippen molar-refractivity contribution in [3.8, 4) is 0 Å². The first-order valence-corrected chi connectivity index (χ1v) is 12.3. The molecule has 0 heterocycles. The Hall–Kier alpha value is -2.55. The molecule has 3 aromatic carbocycles. The first-order valence-electron chi connectivity index (χ1n) is 10.1. The van der Waals surface area contributed by atoms with E-state index in [-0.39, 0.29) is 18.0 Å². The van der Waals surface area contributed by atoms with E-state index in [0.29, 0.717) is 12.1 Å². The van der Waals surface area contributed by atoms with Crippen LogP contribution >= 0.6 is 15.9 Å². The molecule has 0 atom stereocenters. The molecule has 0 aliphatic heterocycles. The van der Waals surface area contributed by atoms with Gasteiger partial charge >= 0.3 is 0 Å². The van der Waals surface area contributed by atoms with E-state index in [9.17, 15) is 17.6 Å². The van der Waals surface area contributed by atoms with E-state index in [1.807, 2.05) is 32.0 Å². The third kappa shape index (κ3) is 5.82. The van der Waals surface area contributed by atoms with Gasteiger partial charge in [-0.05, 0) is 66.4 Å². The molecule has 0 spiro atoms. The normalized spacial score (nSPS) is 11.5. The Kier molecular flexibility index (Phi) is 7.82. The lowest BCUT2D eigenvalue weighted by atomic mass is 10.1. The summed E-state index contributed by atoms with van der Waals surface area (Å²) in [7, 11) is -4.04. The van der Waals surface area contributed by atoms with Gasteiger partial charge in [0.1, 0.15) is 5.82 Å². The SMILES string of the molecule is CCc1cc(Br)cc(C)c1NC(=O)CN(Cc1ccccc1)S(=O)(=O)c1ccc(F)cc1. The maximum Gasteiger partial charge on any atom is 0.243 e. The predicted octanol–water partition coefficient (Wildman–Crippen LogP) is 5.29. The van der Waals surface area contributed by atoms with Gasteiger partial charge in [-0.2, -0.15) is 4.31 Å². The summed E-state index contributed by atoms with van der Waals surface area (Å²) in [5.74, 6) is -0.985. The van der Waals surface area contributed by atoms with Crippen LogP contribution in [0, 0.1) is 12.7 Å². The number of rotatable bonds is 8. The fourth-order valence-corrected chi connectivity index (χ4v) is 5.38. The predicted molar refractivity (Wildman–Crippen MR) is 127 cm³/mol. The molecule has 0 aromatic heterocycles. The summed E-state index contributed by atoms with van der Waals surface area (Å²) in [5, 5.41) is 2.88. The van der Waals surface area contributed by atoms with Crippen molar-refractivity contribution in [2.75, 3.05) is 11.9 Å². The van der Waals surface area contributed by atoms with Crippen LogP contribution in [0.1, 0.15) is 23.6 Å². The van der Waals surface area contributed by atoms with Gasteiger partial charge in [0.2, 0.25) is 15.9 Å². The van der Waals surface area contributed by atoms with Crippen molar-refractivity contribution in [1.82, 2.24) is 4.31 Å². The monoisotopic (exact) mass is 518 g/mol. The lowest BCUT2D eigenvalue weighted by Crippen LogP contribution is -2.37. The Labute approximate surface area is 196 Å². The largest absolute Gasteiger partial charge is 0.324 e. The highest BCUT2D eigenvalue weighted by Gasteiger charge is 2.27. The van der Waals surface area contributed by atoms with E-state index >= 15 is 0 Å². The van der Waals surface area contributed by atoms with Gasteiger partial charge in [-0.3, -0.25) is 4.79 Å². The van der Waals surface area contributed by atoms with Gasteiger partial charge in [-0.1, -0.05) is 53.2 Å². The molecule has 3 aromatic rings. The highest BCUT2D eigenvalue weighted by molar-refractivity contribution is 9.10. The van der Waals surface area contributed by atoms with Crippen LogP contribution in [0.4, 0.5) is 10.1 Å². The summed E-state index contributed by atoms with van der Waals surface area (Å²) in [4.78, 5) is 12.9. The van der Waals surface area contributed by atoms with E-state index in [2.05, 4.69) is 21.2 Å². The number of nitrogens with one attached hydrogen (secondary N) is 1. The van der Waals surface area contributed by atoms with Crippen molar-refractivity contribution in [3.63, 3.8) is 0 Å². The van der Waals surface area contributed by atoms with Crippen molar-refractivity contribution in [3.05, 3.63) is 93.7 Å². The minimum absolute atomic E-state index is 0.00786. The highest BCUT2D eigenvalue weighted by atomic mass is 79.9. The van der Waals surface area contributed by atoms with E-state index in [4.69, 9.17) is 0 Å². The molecule has 168 valence electrons. The quantitative estimate of drug-likeness (QED) is 0.440. The molecule has 0 saturated heterocycles. The Morgan fingerprint density at radius 3 is 2.34 bits per heavy atom. The number of carbonyl (C=O) groups excluding carboxylic acids is 1. The molecule has 0 radical (unpaired) electrons. The number of benzene rings is 3. The molecule has 0 aliphatic carbocycles. The molecule has 5 nitrogen and oxygen atoms in total. The van der Waals surface area contributed by atoms with E-state index in [1.54, 1.807) is 24.3 Å². The van der Waals surface area contributed by atoms with Crippen LogP contribution in [0.5, 0.6) is 0 Å². The molecule has 0 saturated carbocycles. The zero-order valence-electron chi connectivity index (χ0n) is 17.8. The molecule has 1 amide bonds. The van der Waals surface area contributed by atoms with Crippen molar-refractivity contribution in [2.24, 2.45) is 0 Å². The lowest BCUT2D eigenvalue weighted by Gasteiger charge is -2.23. The van der Waals surface area contributed by atoms with Crippen LogP contribution in [0.3, 0.4) is 0 Å². The van der Waals surface area contributed by atoms with Crippen molar-refractivity contribution >= 4 is 37.5 Å². The molecule has 1 N–H and O–H groups in total. The number of hydrogen-bond donors (Lipinski definition) is 1. The Bertz CT molecular complexity index is 1200. The molecular weight excluding hydrogens is 495 g/mol. The van der Waals surface area contributed by atoms with Gasteiger partial charge in [0.05, 0.1) is 11.4 Å². The van der Waals surface area contributed by atoms with Gasteiger partial charge < -0.3 is 5.32 Å². The second-order valence-corrected chi connectivity index (χ2v) is 10.2. The first kappa shape index (κ1) is 24.1. The number of anilines is 1. The second kappa shape index (κ2) is 10.4. The van der Waals surface area contributed by atoms with Crippen LogP contribution in [0.15, 0.2) is 76.1 Å². The Balaban J connectivity index is 1.91. The van der Waals surface area contributed by atoms with Crippen molar-refractivity contribution in [1.29, 1.82) is 0 Å². The zero-order valence-corrected chi connectivity index (χ0v) is 20.2. The third-order valence-electron chi connectivity index (χ3n) is 5.00. The van der Waals surface area contributed by atoms with Crippen LogP contribution < -0.4 is 5.32 Å². The van der Waals surface area contributed by atoms with Crippen LogP contribution in [0.25, 0.3) is 0 Å². The average Bonchev–Trinajstić information content (AvgIpc) is 2.76. The topological polar surface area (TPSA) is 66.5 Å². The maximum absolute atomic E-state index is 13.3. The van der Waals surface area contributed by atoms with Crippen molar-refractivity contribution < 1.29 is 17.6 Å². The molecule has 0 aliphatic rings. The summed E-state index contributed by atoms with van der Waals surface area (Å²) in [6.07, 6.45) is 0.706. The van der Waals surface area contributed by atoms with Gasteiger partial charge in [0.15, 0.2) is 0 Å². The molecule has 0 fully saturated rings. The van der Waals surface area contributed by atoms with Gasteiger partial charge in [0.25, 0.3) is 0 Å². The van der Waals surface area contributed by atoms with E-state index < -0.39 is 21.7 Å². The van der Waals surface area contributed by atoms with E-state index in [1.165, 1.54) is 12.1 Å². The average molecular weight is 519 g/mol. The fourth-order valence-electron chi connectivity index (χ4n) is 3.38. The van der Waals surface area contributed by atoms with Gasteiger partial charge in [0, 0.05) is 16.7 Å². The summed E-state index contributed by atoms with van der Waals surface area (Å²) < 4.78 is 41.9. The second-order valence-electron chi connectivity index (χ2n) is 7.37. The molecule has 0 unspecified atom stereocenters. The third-order valence-corrected chi connectivity index (χ3v) is 7.26. The minimum Gasteiger partial charge on any atom is -0.324 e. The number of amides is 1. The molecule has 3 rings (SSSR count). The summed E-state index contributed by atoms with van der Waals surface area (Å²) in [6.45, 7) is 3.50. The number of halogens is 2. The summed E-state index contributed by atoms with van der Waals surface area (Å²) in [5.41, 5.74) is 3.24. The highest BCUT2D eigenvalue weighted by Crippen LogP contribution is 2.27. The minimum atomic E-state index is -4.04. The first-order chi connectivity index (χ1) is 15.2. The number of hydrogen-bond acceptors (Lipinski definition) is 3. The van der Waals surface area contributed by atoms with E-state index in [0.717, 1.165) is 37.6 Å². The number of carbonyl (C=O) groups is 1. The van der Waals surface area contributed by atoms with Crippen LogP contribution in [-0.2, 0) is 27.8 Å². The number of sulfonamides is 1. The van der Waals surface area contributed by atoms with Crippen LogP contribution in [0.2, 0.25) is 0 Å². The summed E-state index contributed by atoms with van der Waals surface area (Å²) in [6, 6.07) is 17.4. The fraction of sp³-hybridized carbons (Fsp3) is 0.208. The van der Waals surface area contributed by atoms with Gasteiger partial charge in [-0.15, -0.1) is 0 Å². The molecule has 0 bridgehead atoms. The zero-order chi connectivity index (χ0) is 23.3. The lowest BCUT2D eigenvalue weighted by molar-refractivity contribution is -0.116. The molecule has 8 heteroatoms.